The average molecular weight is 492 g/mol. The van der Waals surface area contributed by atoms with Crippen molar-refractivity contribution in [3.63, 3.8) is 0 Å². The molecule has 0 aromatic heterocycles. The number of hydrogen-bond acceptors (Lipinski definition) is 4. The topological polar surface area (TPSA) is 64.7 Å². The highest BCUT2D eigenvalue weighted by Crippen LogP contribution is 2.17. The molecular formula is C21H25IN4O2. The summed E-state index contributed by atoms with van der Waals surface area (Å²) < 4.78 is 1.14. The first-order valence-corrected chi connectivity index (χ1v) is 10.4. The molecule has 1 heterocycles. The van der Waals surface area contributed by atoms with Gasteiger partial charge in [-0.3, -0.25) is 19.4 Å². The molecule has 7 heteroatoms. The Labute approximate surface area is 179 Å². The molecular weight excluding hydrogens is 467 g/mol. The first-order valence-electron chi connectivity index (χ1n) is 9.35. The molecule has 6 nitrogen and oxygen atoms in total. The maximum Gasteiger partial charge on any atom is 0.238 e. The second kappa shape index (κ2) is 9.99. The number of rotatable bonds is 6. The minimum Gasteiger partial charge on any atom is -0.325 e. The van der Waals surface area contributed by atoms with E-state index in [-0.39, 0.29) is 11.8 Å². The Hall–Kier alpha value is -1.97. The van der Waals surface area contributed by atoms with Crippen LogP contribution in [0.1, 0.15) is 5.56 Å². The molecule has 0 atom stereocenters. The van der Waals surface area contributed by atoms with Gasteiger partial charge < -0.3 is 10.6 Å². The number of halogens is 1. The largest absolute Gasteiger partial charge is 0.325 e. The van der Waals surface area contributed by atoms with Crippen molar-refractivity contribution < 1.29 is 9.59 Å². The molecule has 148 valence electrons. The normalized spacial score (nSPS) is 15.2. The zero-order chi connectivity index (χ0) is 19.9. The highest BCUT2D eigenvalue weighted by Gasteiger charge is 2.20. The third-order valence-electron chi connectivity index (χ3n) is 4.71. The van der Waals surface area contributed by atoms with Crippen molar-refractivity contribution in [2.75, 3.05) is 49.9 Å². The van der Waals surface area contributed by atoms with Gasteiger partial charge in [0, 0.05) is 41.1 Å². The molecule has 0 aliphatic carbocycles. The zero-order valence-corrected chi connectivity index (χ0v) is 18.1. The number of anilines is 2. The maximum atomic E-state index is 12.3. The van der Waals surface area contributed by atoms with E-state index in [2.05, 4.69) is 43.0 Å². The van der Waals surface area contributed by atoms with E-state index in [9.17, 15) is 9.59 Å². The van der Waals surface area contributed by atoms with Crippen molar-refractivity contribution in [2.24, 2.45) is 0 Å². The van der Waals surface area contributed by atoms with E-state index >= 15 is 0 Å². The predicted molar refractivity (Wildman–Crippen MR) is 120 cm³/mol. The summed E-state index contributed by atoms with van der Waals surface area (Å²) >= 11 is 2.27. The second-order valence-electron chi connectivity index (χ2n) is 6.98. The lowest BCUT2D eigenvalue weighted by atomic mass is 10.2. The van der Waals surface area contributed by atoms with E-state index in [4.69, 9.17) is 0 Å². The van der Waals surface area contributed by atoms with Crippen molar-refractivity contribution in [1.82, 2.24) is 9.80 Å². The number of para-hydroxylation sites is 1. The van der Waals surface area contributed by atoms with Crippen LogP contribution in [0.4, 0.5) is 11.4 Å². The van der Waals surface area contributed by atoms with E-state index in [1.54, 1.807) is 0 Å². The quantitative estimate of drug-likeness (QED) is 0.609. The van der Waals surface area contributed by atoms with Gasteiger partial charge in [0.05, 0.1) is 13.1 Å². The Bertz CT molecular complexity index is 820. The van der Waals surface area contributed by atoms with Gasteiger partial charge in [-0.2, -0.15) is 0 Å². The molecule has 0 saturated carbocycles. The van der Waals surface area contributed by atoms with Crippen LogP contribution in [0.3, 0.4) is 0 Å². The van der Waals surface area contributed by atoms with Gasteiger partial charge in [-0.1, -0.05) is 24.3 Å². The molecule has 3 rings (SSSR count). The van der Waals surface area contributed by atoms with Crippen LogP contribution in [0, 0.1) is 10.5 Å². The van der Waals surface area contributed by atoms with Crippen LogP contribution < -0.4 is 10.6 Å². The van der Waals surface area contributed by atoms with E-state index in [1.807, 2.05) is 55.5 Å². The van der Waals surface area contributed by atoms with Gasteiger partial charge in [0.15, 0.2) is 0 Å². The Balaban J connectivity index is 1.39. The van der Waals surface area contributed by atoms with Crippen LogP contribution in [0.5, 0.6) is 0 Å². The summed E-state index contributed by atoms with van der Waals surface area (Å²) in [6.07, 6.45) is 0. The first kappa shape index (κ1) is 20.8. The summed E-state index contributed by atoms with van der Waals surface area (Å²) in [6.45, 7) is 5.89. The molecule has 28 heavy (non-hydrogen) atoms. The zero-order valence-electron chi connectivity index (χ0n) is 16.0. The Morgan fingerprint density at radius 3 is 1.93 bits per heavy atom. The molecule has 1 aliphatic rings. The van der Waals surface area contributed by atoms with Gasteiger partial charge in [0.25, 0.3) is 0 Å². The third kappa shape index (κ3) is 6.29. The number of benzene rings is 2. The number of piperazine rings is 1. The van der Waals surface area contributed by atoms with Crippen LogP contribution in [0.25, 0.3) is 0 Å². The highest BCUT2D eigenvalue weighted by molar-refractivity contribution is 14.1. The monoisotopic (exact) mass is 492 g/mol. The standard InChI is InChI=1S/C21H25IN4O2/c1-16-7-8-18(13-19(16)22)24-21(28)15-26-11-9-25(10-12-26)14-20(27)23-17-5-3-2-4-6-17/h2-8,13H,9-12,14-15H2,1H3,(H,23,27)(H,24,28). The molecule has 0 spiro atoms. The molecule has 0 unspecified atom stereocenters. The van der Waals surface area contributed by atoms with E-state index in [0.29, 0.717) is 13.1 Å². The van der Waals surface area contributed by atoms with Gasteiger partial charge in [-0.25, -0.2) is 0 Å². The molecule has 2 aromatic rings. The van der Waals surface area contributed by atoms with Crippen molar-refractivity contribution in [1.29, 1.82) is 0 Å². The molecule has 1 saturated heterocycles. The van der Waals surface area contributed by atoms with Crippen LogP contribution in [-0.2, 0) is 9.59 Å². The van der Waals surface area contributed by atoms with E-state index in [0.717, 1.165) is 41.1 Å². The fraction of sp³-hybridized carbons (Fsp3) is 0.333. The maximum absolute atomic E-state index is 12.3. The van der Waals surface area contributed by atoms with Gasteiger partial charge >= 0.3 is 0 Å². The molecule has 2 amide bonds. The molecule has 0 radical (unpaired) electrons. The SMILES string of the molecule is Cc1ccc(NC(=O)CN2CCN(CC(=O)Nc3ccccc3)CC2)cc1I. The lowest BCUT2D eigenvalue weighted by Crippen LogP contribution is -2.50. The predicted octanol–water partition coefficient (Wildman–Crippen LogP) is 2.79. The number of aryl methyl sites for hydroxylation is 1. The van der Waals surface area contributed by atoms with Gasteiger partial charge in [-0.15, -0.1) is 0 Å². The fourth-order valence-electron chi connectivity index (χ4n) is 3.10. The molecule has 2 aromatic carbocycles. The molecule has 2 N–H and O–H groups in total. The van der Waals surface area contributed by atoms with Crippen molar-refractivity contribution in [3.05, 3.63) is 57.7 Å². The Kier molecular flexibility index (Phi) is 7.41. The first-order chi connectivity index (χ1) is 13.5. The van der Waals surface area contributed by atoms with Crippen molar-refractivity contribution in [3.8, 4) is 0 Å². The molecule has 1 fully saturated rings. The fourth-order valence-corrected chi connectivity index (χ4v) is 3.62. The average Bonchev–Trinajstić information content (AvgIpc) is 2.67. The van der Waals surface area contributed by atoms with Crippen molar-refractivity contribution in [2.45, 2.75) is 6.92 Å². The molecule has 1 aliphatic heterocycles. The minimum absolute atomic E-state index is 0.00470. The van der Waals surface area contributed by atoms with E-state index in [1.165, 1.54) is 5.56 Å². The summed E-state index contributed by atoms with van der Waals surface area (Å²) in [5, 5.41) is 5.87. The summed E-state index contributed by atoms with van der Waals surface area (Å²) in [6, 6.07) is 15.4. The van der Waals surface area contributed by atoms with Crippen LogP contribution in [0.2, 0.25) is 0 Å². The second-order valence-corrected chi connectivity index (χ2v) is 8.14. The van der Waals surface area contributed by atoms with Crippen LogP contribution in [-0.4, -0.2) is 60.9 Å². The van der Waals surface area contributed by atoms with Gasteiger partial charge in [0.1, 0.15) is 0 Å². The van der Waals surface area contributed by atoms with Gasteiger partial charge in [-0.05, 0) is 59.3 Å². The number of hydrogen-bond donors (Lipinski definition) is 2. The third-order valence-corrected chi connectivity index (χ3v) is 5.87. The number of amides is 2. The van der Waals surface area contributed by atoms with E-state index < -0.39 is 0 Å². The number of nitrogens with zero attached hydrogens (tertiary/aromatic N) is 2. The van der Waals surface area contributed by atoms with Crippen LogP contribution in [0.15, 0.2) is 48.5 Å². The summed E-state index contributed by atoms with van der Waals surface area (Å²) in [5.74, 6) is -0.0127. The minimum atomic E-state index is -0.00799. The molecule has 0 bridgehead atoms. The number of carbonyl (C=O) groups excluding carboxylic acids is 2. The highest BCUT2D eigenvalue weighted by atomic mass is 127. The number of nitrogens with one attached hydrogen (secondary N) is 2. The van der Waals surface area contributed by atoms with Crippen LogP contribution >= 0.6 is 22.6 Å². The van der Waals surface area contributed by atoms with Gasteiger partial charge in [0.2, 0.25) is 11.8 Å². The Morgan fingerprint density at radius 2 is 1.39 bits per heavy atom. The Morgan fingerprint density at radius 1 is 0.857 bits per heavy atom. The summed E-state index contributed by atoms with van der Waals surface area (Å²) in [7, 11) is 0. The smallest absolute Gasteiger partial charge is 0.238 e. The number of carbonyl (C=O) groups is 2. The lowest BCUT2D eigenvalue weighted by Gasteiger charge is -2.33. The summed E-state index contributed by atoms with van der Waals surface area (Å²) in [5.41, 5.74) is 2.84. The summed E-state index contributed by atoms with van der Waals surface area (Å²) in [4.78, 5) is 28.7. The lowest BCUT2D eigenvalue weighted by molar-refractivity contribution is -0.120. The van der Waals surface area contributed by atoms with Crippen molar-refractivity contribution >= 4 is 45.8 Å².